The summed E-state index contributed by atoms with van der Waals surface area (Å²) in [6, 6.07) is 7.00. The number of rotatable bonds is 8. The summed E-state index contributed by atoms with van der Waals surface area (Å²) in [6.45, 7) is 4.18. The summed E-state index contributed by atoms with van der Waals surface area (Å²) in [6.07, 6.45) is 3.47. The van der Waals surface area contributed by atoms with Gasteiger partial charge in [-0.1, -0.05) is 18.2 Å². The van der Waals surface area contributed by atoms with E-state index in [0.29, 0.717) is 18.9 Å². The fourth-order valence-electron chi connectivity index (χ4n) is 3.35. The van der Waals surface area contributed by atoms with Crippen molar-refractivity contribution in [1.82, 2.24) is 9.80 Å². The average Bonchev–Trinajstić information content (AvgIpc) is 2.59. The topological polar surface area (TPSA) is 32.8 Å². The molecule has 0 N–H and O–H groups in total. The SMILES string of the molecule is COCCC(=O)N(C)C[C@@H]1CCCN(CCc2ccccc2F)C1. The van der Waals surface area contributed by atoms with E-state index in [-0.39, 0.29) is 11.7 Å². The molecule has 1 aliphatic heterocycles. The smallest absolute Gasteiger partial charge is 0.224 e. The molecular weight excluding hydrogens is 307 g/mol. The lowest BCUT2D eigenvalue weighted by Crippen LogP contribution is -2.42. The van der Waals surface area contributed by atoms with Gasteiger partial charge >= 0.3 is 0 Å². The molecule has 0 bridgehead atoms. The van der Waals surface area contributed by atoms with Crippen LogP contribution in [-0.4, -0.2) is 62.7 Å². The van der Waals surface area contributed by atoms with Crippen LogP contribution in [0.5, 0.6) is 0 Å². The molecule has 0 aromatic heterocycles. The Labute approximate surface area is 144 Å². The molecule has 1 aromatic carbocycles. The van der Waals surface area contributed by atoms with Crippen molar-refractivity contribution in [2.24, 2.45) is 5.92 Å². The normalized spacial score (nSPS) is 18.5. The molecule has 0 aliphatic carbocycles. The molecule has 1 aliphatic rings. The zero-order valence-electron chi connectivity index (χ0n) is 14.8. The van der Waals surface area contributed by atoms with Gasteiger partial charge in [0.25, 0.3) is 0 Å². The zero-order valence-corrected chi connectivity index (χ0v) is 14.8. The Morgan fingerprint density at radius 3 is 2.96 bits per heavy atom. The number of methoxy groups -OCH3 is 1. The van der Waals surface area contributed by atoms with Gasteiger partial charge in [-0.25, -0.2) is 4.39 Å². The molecule has 4 nitrogen and oxygen atoms in total. The van der Waals surface area contributed by atoms with Gasteiger partial charge in [-0.2, -0.15) is 0 Å². The summed E-state index contributed by atoms with van der Waals surface area (Å²) in [7, 11) is 3.48. The molecule has 5 heteroatoms. The van der Waals surface area contributed by atoms with Gasteiger partial charge in [-0.15, -0.1) is 0 Å². The molecule has 0 unspecified atom stereocenters. The number of ether oxygens (including phenoxy) is 1. The maximum Gasteiger partial charge on any atom is 0.224 e. The summed E-state index contributed by atoms with van der Waals surface area (Å²) < 4.78 is 18.7. The zero-order chi connectivity index (χ0) is 17.4. The number of carbonyl (C=O) groups is 1. The molecule has 1 aromatic rings. The van der Waals surface area contributed by atoms with Crippen LogP contribution in [-0.2, 0) is 16.0 Å². The van der Waals surface area contributed by atoms with Crippen molar-refractivity contribution in [2.75, 3.05) is 46.9 Å². The molecule has 1 heterocycles. The van der Waals surface area contributed by atoms with Crippen LogP contribution < -0.4 is 0 Å². The molecule has 1 saturated heterocycles. The molecule has 1 amide bonds. The Morgan fingerprint density at radius 2 is 2.21 bits per heavy atom. The Bertz CT molecular complexity index is 524. The monoisotopic (exact) mass is 336 g/mol. The van der Waals surface area contributed by atoms with Crippen molar-refractivity contribution in [3.8, 4) is 0 Å². The largest absolute Gasteiger partial charge is 0.384 e. The van der Waals surface area contributed by atoms with Gasteiger partial charge in [0.1, 0.15) is 5.82 Å². The lowest BCUT2D eigenvalue weighted by Gasteiger charge is -2.34. The standard InChI is InChI=1S/C19H29FN2O2/c1-21(19(23)10-13-24-2)14-16-6-5-11-22(15-16)12-9-17-7-3-4-8-18(17)20/h3-4,7-8,16H,5-6,9-15H2,1-2H3/t16-/m0/s1. The van der Waals surface area contributed by atoms with Crippen LogP contribution in [0, 0.1) is 11.7 Å². The minimum atomic E-state index is -0.116. The summed E-state index contributed by atoms with van der Waals surface area (Å²) >= 11 is 0. The predicted octanol–water partition coefficient (Wildman–Crippen LogP) is 2.58. The van der Waals surface area contributed by atoms with Crippen molar-refractivity contribution in [3.63, 3.8) is 0 Å². The lowest BCUT2D eigenvalue weighted by atomic mass is 9.97. The second-order valence-corrected chi connectivity index (χ2v) is 6.67. The summed E-state index contributed by atoms with van der Waals surface area (Å²) in [5.41, 5.74) is 0.784. The number of carbonyl (C=O) groups excluding carboxylic acids is 1. The van der Waals surface area contributed by atoms with E-state index in [1.54, 1.807) is 13.2 Å². The number of nitrogens with zero attached hydrogens (tertiary/aromatic N) is 2. The van der Waals surface area contributed by atoms with Crippen molar-refractivity contribution in [2.45, 2.75) is 25.7 Å². The quantitative estimate of drug-likeness (QED) is 0.731. The van der Waals surface area contributed by atoms with E-state index in [9.17, 15) is 9.18 Å². The Morgan fingerprint density at radius 1 is 1.42 bits per heavy atom. The average molecular weight is 336 g/mol. The minimum absolute atomic E-state index is 0.116. The second kappa shape index (κ2) is 9.74. The highest BCUT2D eigenvalue weighted by Gasteiger charge is 2.22. The Kier molecular flexibility index (Phi) is 7.66. The first-order chi connectivity index (χ1) is 11.6. The van der Waals surface area contributed by atoms with Crippen LogP contribution in [0.1, 0.15) is 24.8 Å². The molecule has 0 spiro atoms. The van der Waals surface area contributed by atoms with Crippen LogP contribution >= 0.6 is 0 Å². The third-order valence-corrected chi connectivity index (χ3v) is 4.74. The van der Waals surface area contributed by atoms with Crippen molar-refractivity contribution < 1.29 is 13.9 Å². The molecule has 24 heavy (non-hydrogen) atoms. The van der Waals surface area contributed by atoms with E-state index >= 15 is 0 Å². The van der Waals surface area contributed by atoms with Gasteiger partial charge in [-0.3, -0.25) is 4.79 Å². The first-order valence-electron chi connectivity index (χ1n) is 8.78. The van der Waals surface area contributed by atoms with E-state index < -0.39 is 0 Å². The van der Waals surface area contributed by atoms with E-state index in [0.717, 1.165) is 51.0 Å². The summed E-state index contributed by atoms with van der Waals surface area (Å²) in [5, 5.41) is 0. The third-order valence-electron chi connectivity index (χ3n) is 4.74. The summed E-state index contributed by atoms with van der Waals surface area (Å²) in [5.74, 6) is 0.519. The number of hydrogen-bond donors (Lipinski definition) is 0. The van der Waals surface area contributed by atoms with E-state index in [1.807, 2.05) is 24.1 Å². The van der Waals surface area contributed by atoms with Crippen LogP contribution in [0.4, 0.5) is 4.39 Å². The summed E-state index contributed by atoms with van der Waals surface area (Å²) in [4.78, 5) is 16.2. The molecule has 2 rings (SSSR count). The van der Waals surface area contributed by atoms with E-state index in [1.165, 1.54) is 6.07 Å². The van der Waals surface area contributed by atoms with Gasteiger partial charge in [0.15, 0.2) is 0 Å². The van der Waals surface area contributed by atoms with Crippen LogP contribution in [0.25, 0.3) is 0 Å². The number of hydrogen-bond acceptors (Lipinski definition) is 3. The van der Waals surface area contributed by atoms with E-state index in [4.69, 9.17) is 4.74 Å². The molecule has 0 saturated carbocycles. The van der Waals surface area contributed by atoms with Gasteiger partial charge < -0.3 is 14.5 Å². The van der Waals surface area contributed by atoms with Crippen LogP contribution in [0.3, 0.4) is 0 Å². The third kappa shape index (κ3) is 5.87. The molecule has 134 valence electrons. The maximum absolute atomic E-state index is 13.7. The van der Waals surface area contributed by atoms with Crippen LogP contribution in [0.2, 0.25) is 0 Å². The van der Waals surface area contributed by atoms with Gasteiger partial charge in [-0.05, 0) is 43.4 Å². The van der Waals surface area contributed by atoms with Gasteiger partial charge in [0.2, 0.25) is 5.91 Å². The Balaban J connectivity index is 1.77. The molecule has 0 radical (unpaired) electrons. The van der Waals surface area contributed by atoms with Gasteiger partial charge in [0, 0.05) is 33.8 Å². The number of benzene rings is 1. The van der Waals surface area contributed by atoms with Gasteiger partial charge in [0.05, 0.1) is 13.0 Å². The van der Waals surface area contributed by atoms with E-state index in [2.05, 4.69) is 4.90 Å². The number of piperidine rings is 1. The predicted molar refractivity (Wildman–Crippen MR) is 93.4 cm³/mol. The Hall–Kier alpha value is -1.46. The fraction of sp³-hybridized carbons (Fsp3) is 0.632. The van der Waals surface area contributed by atoms with Crippen LogP contribution in [0.15, 0.2) is 24.3 Å². The highest BCUT2D eigenvalue weighted by atomic mass is 19.1. The first-order valence-corrected chi connectivity index (χ1v) is 8.78. The maximum atomic E-state index is 13.7. The second-order valence-electron chi connectivity index (χ2n) is 6.67. The minimum Gasteiger partial charge on any atom is -0.384 e. The number of amides is 1. The first kappa shape index (κ1) is 18.9. The highest BCUT2D eigenvalue weighted by molar-refractivity contribution is 5.75. The number of likely N-dealkylation sites (tertiary alicyclic amines) is 1. The van der Waals surface area contributed by atoms with Crippen molar-refractivity contribution in [1.29, 1.82) is 0 Å². The van der Waals surface area contributed by atoms with Crippen molar-refractivity contribution >= 4 is 5.91 Å². The lowest BCUT2D eigenvalue weighted by molar-refractivity contribution is -0.131. The molecular formula is C19H29FN2O2. The molecule has 1 atom stereocenters. The fourth-order valence-corrected chi connectivity index (χ4v) is 3.35. The van der Waals surface area contributed by atoms with Crippen molar-refractivity contribution in [3.05, 3.63) is 35.6 Å². The number of halogens is 1. The molecule has 1 fully saturated rings. The highest BCUT2D eigenvalue weighted by Crippen LogP contribution is 2.18.